The first-order valence-electron chi connectivity index (χ1n) is 4.25. The maximum atomic E-state index is 11.2. The fourth-order valence-corrected chi connectivity index (χ4v) is 1.99. The summed E-state index contributed by atoms with van der Waals surface area (Å²) in [7, 11) is -2.33. The standard InChI is InChI=1S/C7H15NO6S/c1-14-4-5-15(12,13)8-6(2-3-9)7(10)11/h6,8-9H,2-5H2,1H3,(H,10,11)/t6-/m0/s1. The molecule has 3 N–H and O–H groups in total. The Morgan fingerprint density at radius 1 is 1.53 bits per heavy atom. The van der Waals surface area contributed by atoms with Crippen LogP contribution in [0, 0.1) is 0 Å². The first-order chi connectivity index (χ1) is 6.93. The van der Waals surface area contributed by atoms with Crippen LogP contribution in [0.25, 0.3) is 0 Å². The molecule has 0 unspecified atom stereocenters. The third-order valence-corrected chi connectivity index (χ3v) is 2.94. The lowest BCUT2D eigenvalue weighted by Gasteiger charge is -2.13. The van der Waals surface area contributed by atoms with Crippen molar-refractivity contribution in [1.29, 1.82) is 0 Å². The number of hydrogen-bond donors (Lipinski definition) is 3. The lowest BCUT2D eigenvalue weighted by molar-refractivity contribution is -0.139. The minimum atomic E-state index is -3.68. The van der Waals surface area contributed by atoms with Crippen molar-refractivity contribution in [2.45, 2.75) is 12.5 Å². The normalized spacial score (nSPS) is 13.7. The zero-order chi connectivity index (χ0) is 11.9. The third kappa shape index (κ3) is 6.39. The summed E-state index contributed by atoms with van der Waals surface area (Å²) >= 11 is 0. The van der Waals surface area contributed by atoms with Crippen LogP contribution in [0.1, 0.15) is 6.42 Å². The molecule has 7 nitrogen and oxygen atoms in total. The van der Waals surface area contributed by atoms with Crippen molar-refractivity contribution in [2.75, 3.05) is 26.1 Å². The van der Waals surface area contributed by atoms with Crippen LogP contribution in [-0.4, -0.2) is 56.7 Å². The van der Waals surface area contributed by atoms with E-state index in [4.69, 9.17) is 10.2 Å². The van der Waals surface area contributed by atoms with Crippen molar-refractivity contribution in [3.8, 4) is 0 Å². The van der Waals surface area contributed by atoms with Crippen molar-refractivity contribution in [2.24, 2.45) is 0 Å². The number of carboxylic acids is 1. The monoisotopic (exact) mass is 241 g/mol. The van der Waals surface area contributed by atoms with Gasteiger partial charge >= 0.3 is 5.97 Å². The van der Waals surface area contributed by atoms with Crippen LogP contribution < -0.4 is 4.72 Å². The Labute approximate surface area is 88.1 Å². The van der Waals surface area contributed by atoms with E-state index in [0.29, 0.717) is 0 Å². The van der Waals surface area contributed by atoms with E-state index in [1.54, 1.807) is 0 Å². The molecular weight excluding hydrogens is 226 g/mol. The average molecular weight is 241 g/mol. The Balaban J connectivity index is 4.32. The van der Waals surface area contributed by atoms with E-state index >= 15 is 0 Å². The SMILES string of the molecule is COCCS(=O)(=O)N[C@@H](CCO)C(=O)O. The Morgan fingerprint density at radius 3 is 2.53 bits per heavy atom. The van der Waals surface area contributed by atoms with Crippen molar-refractivity contribution < 1.29 is 28.2 Å². The smallest absolute Gasteiger partial charge is 0.321 e. The van der Waals surface area contributed by atoms with E-state index in [1.165, 1.54) is 7.11 Å². The largest absolute Gasteiger partial charge is 0.480 e. The molecule has 15 heavy (non-hydrogen) atoms. The summed E-state index contributed by atoms with van der Waals surface area (Å²) in [4.78, 5) is 10.6. The maximum Gasteiger partial charge on any atom is 0.321 e. The molecular formula is C7H15NO6S. The Kier molecular flexibility index (Phi) is 6.41. The first kappa shape index (κ1) is 14.3. The highest BCUT2D eigenvalue weighted by molar-refractivity contribution is 7.89. The molecule has 0 saturated carbocycles. The maximum absolute atomic E-state index is 11.2. The molecule has 0 aliphatic heterocycles. The quantitative estimate of drug-likeness (QED) is 0.471. The highest BCUT2D eigenvalue weighted by atomic mass is 32.2. The van der Waals surface area contributed by atoms with Gasteiger partial charge in [0.1, 0.15) is 6.04 Å². The highest BCUT2D eigenvalue weighted by Crippen LogP contribution is 1.96. The minimum absolute atomic E-state index is 0.0131. The van der Waals surface area contributed by atoms with Crippen molar-refractivity contribution in [1.82, 2.24) is 4.72 Å². The molecule has 0 aliphatic rings. The fraction of sp³-hybridized carbons (Fsp3) is 0.857. The highest BCUT2D eigenvalue weighted by Gasteiger charge is 2.22. The fourth-order valence-electron chi connectivity index (χ4n) is 0.831. The summed E-state index contributed by atoms with van der Waals surface area (Å²) in [5.41, 5.74) is 0. The number of sulfonamides is 1. The lowest BCUT2D eigenvalue weighted by atomic mass is 10.2. The molecule has 0 aliphatic carbocycles. The molecule has 8 heteroatoms. The van der Waals surface area contributed by atoms with Gasteiger partial charge in [0.2, 0.25) is 10.0 Å². The molecule has 0 aromatic carbocycles. The second-order valence-electron chi connectivity index (χ2n) is 2.83. The number of aliphatic hydroxyl groups excluding tert-OH is 1. The summed E-state index contributed by atoms with van der Waals surface area (Å²) in [6, 6.07) is -1.29. The summed E-state index contributed by atoms with van der Waals surface area (Å²) in [5.74, 6) is -1.62. The molecule has 0 bridgehead atoms. The topological polar surface area (TPSA) is 113 Å². The van der Waals surface area contributed by atoms with Gasteiger partial charge in [-0.25, -0.2) is 13.1 Å². The van der Waals surface area contributed by atoms with Crippen LogP contribution in [-0.2, 0) is 19.6 Å². The minimum Gasteiger partial charge on any atom is -0.480 e. The van der Waals surface area contributed by atoms with Gasteiger partial charge < -0.3 is 14.9 Å². The van der Waals surface area contributed by atoms with Gasteiger partial charge in [0.15, 0.2) is 0 Å². The number of methoxy groups -OCH3 is 1. The van der Waals surface area contributed by atoms with E-state index in [0.717, 1.165) is 0 Å². The molecule has 0 radical (unpaired) electrons. The predicted molar refractivity (Wildman–Crippen MR) is 51.9 cm³/mol. The Hall–Kier alpha value is -0.700. The van der Waals surface area contributed by atoms with Crippen LogP contribution in [0.2, 0.25) is 0 Å². The van der Waals surface area contributed by atoms with Crippen molar-refractivity contribution in [3.05, 3.63) is 0 Å². The van der Waals surface area contributed by atoms with Crippen molar-refractivity contribution in [3.63, 3.8) is 0 Å². The van der Waals surface area contributed by atoms with Gasteiger partial charge in [-0.05, 0) is 6.42 Å². The Morgan fingerprint density at radius 2 is 2.13 bits per heavy atom. The first-order valence-corrected chi connectivity index (χ1v) is 5.90. The van der Waals surface area contributed by atoms with E-state index in [9.17, 15) is 13.2 Å². The average Bonchev–Trinajstić information content (AvgIpc) is 2.14. The van der Waals surface area contributed by atoms with Gasteiger partial charge in [-0.2, -0.15) is 0 Å². The van der Waals surface area contributed by atoms with Gasteiger partial charge in [0.05, 0.1) is 12.4 Å². The van der Waals surface area contributed by atoms with Crippen LogP contribution in [0.5, 0.6) is 0 Å². The number of nitrogens with one attached hydrogen (secondary N) is 1. The number of aliphatic carboxylic acids is 1. The van der Waals surface area contributed by atoms with Gasteiger partial charge in [-0.1, -0.05) is 0 Å². The number of ether oxygens (including phenoxy) is 1. The van der Waals surface area contributed by atoms with E-state index in [-0.39, 0.29) is 18.8 Å². The zero-order valence-corrected chi connectivity index (χ0v) is 9.16. The molecule has 0 fully saturated rings. The van der Waals surface area contributed by atoms with Crippen LogP contribution >= 0.6 is 0 Å². The van der Waals surface area contributed by atoms with Gasteiger partial charge in [-0.3, -0.25) is 4.79 Å². The molecule has 0 rings (SSSR count). The summed E-state index contributed by atoms with van der Waals surface area (Å²) in [6.07, 6.45) is -0.165. The molecule has 0 saturated heterocycles. The summed E-state index contributed by atoms with van der Waals surface area (Å²) < 4.78 is 29.0. The molecule has 1 atom stereocenters. The number of aliphatic hydroxyl groups is 1. The van der Waals surface area contributed by atoms with E-state index in [1.807, 2.05) is 4.72 Å². The number of carboxylic acid groups (broad SMARTS) is 1. The summed E-state index contributed by atoms with van der Waals surface area (Å²) in [6.45, 7) is -0.412. The molecule has 90 valence electrons. The zero-order valence-electron chi connectivity index (χ0n) is 8.34. The number of hydrogen-bond acceptors (Lipinski definition) is 5. The molecule has 0 spiro atoms. The second kappa shape index (κ2) is 6.72. The summed E-state index contributed by atoms with van der Waals surface area (Å²) in [5, 5.41) is 17.2. The van der Waals surface area contributed by atoms with Gasteiger partial charge in [0, 0.05) is 13.7 Å². The van der Waals surface area contributed by atoms with E-state index in [2.05, 4.69) is 4.74 Å². The Bertz CT molecular complexity index is 288. The van der Waals surface area contributed by atoms with Crippen molar-refractivity contribution >= 4 is 16.0 Å². The lowest BCUT2D eigenvalue weighted by Crippen LogP contribution is -2.42. The van der Waals surface area contributed by atoms with E-state index < -0.39 is 28.6 Å². The number of carbonyl (C=O) groups is 1. The van der Waals surface area contributed by atoms with Crippen LogP contribution in [0.3, 0.4) is 0 Å². The predicted octanol–water partition coefficient (Wildman–Crippen LogP) is -1.61. The van der Waals surface area contributed by atoms with Gasteiger partial charge in [0.25, 0.3) is 0 Å². The third-order valence-electron chi connectivity index (χ3n) is 1.59. The number of rotatable bonds is 8. The molecule has 0 aromatic rings. The molecule has 0 heterocycles. The van der Waals surface area contributed by atoms with Gasteiger partial charge in [-0.15, -0.1) is 0 Å². The molecule has 0 amide bonds. The van der Waals surface area contributed by atoms with Crippen LogP contribution in [0.4, 0.5) is 0 Å². The second-order valence-corrected chi connectivity index (χ2v) is 4.71. The molecule has 0 aromatic heterocycles. The van der Waals surface area contributed by atoms with Crippen LogP contribution in [0.15, 0.2) is 0 Å².